The zero-order valence-electron chi connectivity index (χ0n) is 11.6. The fourth-order valence-corrected chi connectivity index (χ4v) is 3.56. The Hall–Kier alpha value is -1.05. The predicted molar refractivity (Wildman–Crippen MR) is 81.3 cm³/mol. The Morgan fingerprint density at radius 1 is 1.60 bits per heavy atom. The summed E-state index contributed by atoms with van der Waals surface area (Å²) in [7, 11) is 0. The van der Waals surface area contributed by atoms with Crippen molar-refractivity contribution in [3.8, 4) is 10.7 Å². The maximum absolute atomic E-state index is 5.68. The first-order valence-corrected chi connectivity index (χ1v) is 8.10. The number of H-pyrrole nitrogens is 1. The lowest BCUT2D eigenvalue weighted by Crippen LogP contribution is -2.05. The normalized spacial score (nSPS) is 19.1. The van der Waals surface area contributed by atoms with Crippen molar-refractivity contribution in [1.29, 1.82) is 0 Å². The molecule has 1 saturated heterocycles. The summed E-state index contributed by atoms with van der Waals surface area (Å²) < 4.78 is 8.40. The van der Waals surface area contributed by atoms with E-state index in [0.29, 0.717) is 10.7 Å². The van der Waals surface area contributed by atoms with Crippen molar-refractivity contribution in [2.24, 2.45) is 5.92 Å². The average molecular weight is 310 g/mol. The third-order valence-corrected chi connectivity index (χ3v) is 4.65. The van der Waals surface area contributed by atoms with Crippen LogP contribution in [-0.2, 0) is 11.3 Å². The van der Waals surface area contributed by atoms with Crippen LogP contribution in [0, 0.1) is 10.7 Å². The van der Waals surface area contributed by atoms with Crippen LogP contribution in [0.15, 0.2) is 6.20 Å². The van der Waals surface area contributed by atoms with Crippen LogP contribution >= 0.6 is 23.6 Å². The first-order valence-electron chi connectivity index (χ1n) is 6.88. The minimum Gasteiger partial charge on any atom is -0.371 e. The monoisotopic (exact) mass is 310 g/mol. The molecule has 0 spiro atoms. The Kier molecular flexibility index (Phi) is 4.00. The van der Waals surface area contributed by atoms with E-state index >= 15 is 0 Å². The Bertz CT molecular complexity index is 637. The first-order chi connectivity index (χ1) is 9.65. The van der Waals surface area contributed by atoms with E-state index in [1.54, 1.807) is 11.3 Å². The second-order valence-corrected chi connectivity index (χ2v) is 6.87. The van der Waals surface area contributed by atoms with Crippen LogP contribution < -0.4 is 0 Å². The summed E-state index contributed by atoms with van der Waals surface area (Å²) in [6.07, 6.45) is 4.22. The summed E-state index contributed by atoms with van der Waals surface area (Å²) in [5.41, 5.74) is 0. The van der Waals surface area contributed by atoms with Crippen LogP contribution in [0.2, 0.25) is 0 Å². The molecule has 108 valence electrons. The molecule has 0 bridgehead atoms. The first kappa shape index (κ1) is 13.9. The van der Waals surface area contributed by atoms with Crippen LogP contribution in [0.4, 0.5) is 0 Å². The summed E-state index contributed by atoms with van der Waals surface area (Å²) in [6, 6.07) is 0. The molecule has 3 heterocycles. The zero-order valence-corrected chi connectivity index (χ0v) is 13.3. The molecular weight excluding hydrogens is 292 g/mol. The molecule has 1 unspecified atom stereocenters. The third kappa shape index (κ3) is 2.70. The minimum atomic E-state index is 0.161. The van der Waals surface area contributed by atoms with Gasteiger partial charge in [0.05, 0.1) is 4.88 Å². The molecule has 1 aliphatic rings. The molecule has 1 atom stereocenters. The predicted octanol–water partition coefficient (Wildman–Crippen LogP) is 3.57. The van der Waals surface area contributed by atoms with E-state index in [1.165, 1.54) is 0 Å². The quantitative estimate of drug-likeness (QED) is 0.877. The molecule has 0 radical (unpaired) electrons. The highest BCUT2D eigenvalue weighted by molar-refractivity contribution is 7.71. The second kappa shape index (κ2) is 5.75. The molecule has 0 aromatic carbocycles. The van der Waals surface area contributed by atoms with Gasteiger partial charge < -0.3 is 4.74 Å². The number of thiazole rings is 1. The number of hydrogen-bond donors (Lipinski definition) is 1. The highest BCUT2D eigenvalue weighted by Crippen LogP contribution is 2.34. The van der Waals surface area contributed by atoms with E-state index in [0.717, 1.165) is 41.7 Å². The second-order valence-electron chi connectivity index (χ2n) is 5.42. The lowest BCUT2D eigenvalue weighted by Gasteiger charge is -2.07. The van der Waals surface area contributed by atoms with Crippen molar-refractivity contribution < 1.29 is 4.74 Å². The Balaban J connectivity index is 1.91. The highest BCUT2D eigenvalue weighted by atomic mass is 32.1. The molecule has 7 heteroatoms. The van der Waals surface area contributed by atoms with Gasteiger partial charge in [0.1, 0.15) is 11.1 Å². The van der Waals surface area contributed by atoms with Gasteiger partial charge in [0, 0.05) is 19.3 Å². The number of rotatable bonds is 4. The van der Waals surface area contributed by atoms with E-state index in [2.05, 4.69) is 29.0 Å². The minimum absolute atomic E-state index is 0.161. The molecule has 0 amide bonds. The number of hydrogen-bond acceptors (Lipinski definition) is 5. The summed E-state index contributed by atoms with van der Waals surface area (Å²) in [5.74, 6) is 1.40. The van der Waals surface area contributed by atoms with Crippen LogP contribution in [0.3, 0.4) is 0 Å². The summed E-state index contributed by atoms with van der Waals surface area (Å²) in [5, 5.41) is 8.28. The molecule has 3 rings (SSSR count). The highest BCUT2D eigenvalue weighted by Gasteiger charge is 2.22. The van der Waals surface area contributed by atoms with Crippen molar-refractivity contribution in [2.45, 2.75) is 39.3 Å². The number of ether oxygens (including phenoxy) is 1. The van der Waals surface area contributed by atoms with Gasteiger partial charge in [0.15, 0.2) is 10.6 Å². The molecule has 2 aromatic heterocycles. The number of nitrogens with zero attached hydrogens (tertiary/aromatic N) is 3. The Labute approximate surface area is 127 Å². The van der Waals surface area contributed by atoms with Gasteiger partial charge in [-0.05, 0) is 31.0 Å². The average Bonchev–Trinajstić information content (AvgIpc) is 3.10. The van der Waals surface area contributed by atoms with Gasteiger partial charge in [-0.2, -0.15) is 5.10 Å². The maximum Gasteiger partial charge on any atom is 0.195 e. The molecule has 0 aliphatic carbocycles. The van der Waals surface area contributed by atoms with Crippen molar-refractivity contribution >= 4 is 23.6 Å². The third-order valence-electron chi connectivity index (χ3n) is 3.26. The summed E-state index contributed by atoms with van der Waals surface area (Å²) >= 11 is 6.96. The number of aromatic amines is 1. The fraction of sp³-hybridized carbons (Fsp3) is 0.615. The topological polar surface area (TPSA) is 55.7 Å². The van der Waals surface area contributed by atoms with Gasteiger partial charge in [-0.25, -0.2) is 4.98 Å². The van der Waals surface area contributed by atoms with Gasteiger partial charge in [0.25, 0.3) is 0 Å². The van der Waals surface area contributed by atoms with Crippen molar-refractivity contribution in [1.82, 2.24) is 19.7 Å². The molecule has 1 aliphatic heterocycles. The lowest BCUT2D eigenvalue weighted by molar-refractivity contribution is 0.111. The molecule has 1 N–H and O–H groups in total. The van der Waals surface area contributed by atoms with Crippen molar-refractivity contribution in [2.75, 3.05) is 6.61 Å². The molecular formula is C13H18N4OS2. The van der Waals surface area contributed by atoms with Crippen molar-refractivity contribution in [3.63, 3.8) is 0 Å². The van der Waals surface area contributed by atoms with E-state index in [9.17, 15) is 0 Å². The van der Waals surface area contributed by atoms with E-state index in [-0.39, 0.29) is 6.10 Å². The van der Waals surface area contributed by atoms with Crippen LogP contribution in [0.25, 0.3) is 10.7 Å². The van der Waals surface area contributed by atoms with Gasteiger partial charge in [-0.3, -0.25) is 9.67 Å². The lowest BCUT2D eigenvalue weighted by atomic mass is 10.2. The van der Waals surface area contributed by atoms with Gasteiger partial charge in [-0.1, -0.05) is 13.8 Å². The largest absolute Gasteiger partial charge is 0.371 e. The van der Waals surface area contributed by atoms with E-state index < -0.39 is 0 Å². The SMILES string of the molecule is CC(C)Cn1c(-c2cnc(C3CCCO3)s2)n[nH]c1=S. The zero-order chi connectivity index (χ0) is 14.1. The van der Waals surface area contributed by atoms with E-state index in [4.69, 9.17) is 17.0 Å². The summed E-state index contributed by atoms with van der Waals surface area (Å²) in [6.45, 7) is 6.04. The molecule has 20 heavy (non-hydrogen) atoms. The number of aromatic nitrogens is 4. The molecule has 5 nitrogen and oxygen atoms in total. The number of nitrogens with one attached hydrogen (secondary N) is 1. The molecule has 0 saturated carbocycles. The maximum atomic E-state index is 5.68. The van der Waals surface area contributed by atoms with E-state index in [1.807, 2.05) is 10.8 Å². The van der Waals surface area contributed by atoms with Crippen LogP contribution in [-0.4, -0.2) is 26.4 Å². The smallest absolute Gasteiger partial charge is 0.195 e. The van der Waals surface area contributed by atoms with Crippen molar-refractivity contribution in [3.05, 3.63) is 16.0 Å². The Morgan fingerprint density at radius 2 is 2.45 bits per heavy atom. The van der Waals surface area contributed by atoms with Crippen LogP contribution in [0.5, 0.6) is 0 Å². The van der Waals surface area contributed by atoms with Gasteiger partial charge in [-0.15, -0.1) is 11.3 Å². The molecule has 1 fully saturated rings. The Morgan fingerprint density at radius 3 is 3.15 bits per heavy atom. The van der Waals surface area contributed by atoms with Crippen LogP contribution in [0.1, 0.15) is 37.8 Å². The fourth-order valence-electron chi connectivity index (χ4n) is 2.35. The summed E-state index contributed by atoms with van der Waals surface area (Å²) in [4.78, 5) is 5.54. The van der Waals surface area contributed by atoms with Gasteiger partial charge in [0.2, 0.25) is 0 Å². The molecule has 2 aromatic rings. The van der Waals surface area contributed by atoms with Gasteiger partial charge >= 0.3 is 0 Å². The standard InChI is InChI=1S/C13H18N4OS2/c1-8(2)7-17-11(15-16-13(17)19)10-6-14-12(20-10)9-4-3-5-18-9/h6,8-9H,3-5,7H2,1-2H3,(H,16,19).